The van der Waals surface area contributed by atoms with Crippen LogP contribution in [0.1, 0.15) is 53.7 Å². The Hall–Kier alpha value is -2.66. The van der Waals surface area contributed by atoms with Gasteiger partial charge in [0.15, 0.2) is 0 Å². The number of hydrogen-bond donors (Lipinski definition) is 1. The third kappa shape index (κ3) is 5.91. The van der Waals surface area contributed by atoms with Crippen molar-refractivity contribution >= 4 is 11.8 Å². The van der Waals surface area contributed by atoms with Crippen LogP contribution in [0.4, 0.5) is 0 Å². The van der Waals surface area contributed by atoms with Gasteiger partial charge in [-0.3, -0.25) is 14.5 Å². The maximum absolute atomic E-state index is 12.6. The number of benzene rings is 2. The van der Waals surface area contributed by atoms with E-state index in [4.69, 9.17) is 0 Å². The van der Waals surface area contributed by atoms with Crippen LogP contribution < -0.4 is 5.32 Å². The van der Waals surface area contributed by atoms with Crippen LogP contribution in [0.15, 0.2) is 48.5 Å². The van der Waals surface area contributed by atoms with E-state index in [1.807, 2.05) is 29.2 Å². The van der Waals surface area contributed by atoms with Gasteiger partial charge in [0.25, 0.3) is 5.91 Å². The maximum atomic E-state index is 12.6. The van der Waals surface area contributed by atoms with Crippen molar-refractivity contribution in [2.24, 2.45) is 0 Å². The number of carbonyl (C=O) groups is 2. The molecule has 154 valence electrons. The molecule has 0 aromatic heterocycles. The fourth-order valence-corrected chi connectivity index (χ4v) is 3.65. The second kappa shape index (κ2) is 10.2. The molecule has 0 aliphatic carbocycles. The summed E-state index contributed by atoms with van der Waals surface area (Å²) in [7, 11) is 0. The highest BCUT2D eigenvalue weighted by atomic mass is 16.2. The summed E-state index contributed by atoms with van der Waals surface area (Å²) in [5, 5.41) is 3.00. The number of nitrogens with zero attached hydrogens (tertiary/aromatic N) is 2. The van der Waals surface area contributed by atoms with E-state index in [-0.39, 0.29) is 11.8 Å². The first-order chi connectivity index (χ1) is 14.1. The lowest BCUT2D eigenvalue weighted by Crippen LogP contribution is -2.25. The summed E-state index contributed by atoms with van der Waals surface area (Å²) < 4.78 is 0. The van der Waals surface area contributed by atoms with Crippen LogP contribution in [0.25, 0.3) is 0 Å². The van der Waals surface area contributed by atoms with Crippen molar-refractivity contribution in [2.75, 3.05) is 19.6 Å². The van der Waals surface area contributed by atoms with Gasteiger partial charge in [-0.05, 0) is 48.3 Å². The van der Waals surface area contributed by atoms with E-state index < -0.39 is 0 Å². The summed E-state index contributed by atoms with van der Waals surface area (Å²) >= 11 is 0. The molecule has 0 atom stereocenters. The largest absolute Gasteiger partial charge is 0.348 e. The Bertz CT molecular complexity index is 828. The summed E-state index contributed by atoms with van der Waals surface area (Å²) in [6, 6.07) is 16.0. The summed E-state index contributed by atoms with van der Waals surface area (Å²) in [6.45, 7) is 9.26. The molecule has 5 nitrogen and oxygen atoms in total. The van der Waals surface area contributed by atoms with E-state index in [2.05, 4.69) is 48.3 Å². The third-order valence-electron chi connectivity index (χ3n) is 5.51. The molecule has 5 heteroatoms. The van der Waals surface area contributed by atoms with Gasteiger partial charge in [-0.2, -0.15) is 0 Å². The molecule has 1 saturated heterocycles. The first-order valence-corrected chi connectivity index (χ1v) is 10.5. The molecule has 0 saturated carbocycles. The Morgan fingerprint density at radius 2 is 1.76 bits per heavy atom. The van der Waals surface area contributed by atoms with Gasteiger partial charge < -0.3 is 10.2 Å². The summed E-state index contributed by atoms with van der Waals surface area (Å²) in [4.78, 5) is 28.6. The van der Waals surface area contributed by atoms with Crippen molar-refractivity contribution in [3.63, 3.8) is 0 Å². The Balaban J connectivity index is 1.54. The van der Waals surface area contributed by atoms with Gasteiger partial charge in [0.05, 0.1) is 0 Å². The average molecular weight is 394 g/mol. The zero-order valence-corrected chi connectivity index (χ0v) is 17.5. The van der Waals surface area contributed by atoms with E-state index in [1.165, 1.54) is 5.56 Å². The minimum atomic E-state index is -0.0909. The van der Waals surface area contributed by atoms with Gasteiger partial charge in [-0.25, -0.2) is 0 Å². The molecular formula is C24H31N3O2. The monoisotopic (exact) mass is 393 g/mol. The van der Waals surface area contributed by atoms with Crippen molar-refractivity contribution in [3.05, 3.63) is 70.8 Å². The predicted octanol–water partition coefficient (Wildman–Crippen LogP) is 3.58. The zero-order chi connectivity index (χ0) is 20.6. The molecule has 3 rings (SSSR count). The molecule has 0 radical (unpaired) electrons. The fourth-order valence-electron chi connectivity index (χ4n) is 3.65. The quantitative estimate of drug-likeness (QED) is 0.708. The van der Waals surface area contributed by atoms with Crippen LogP contribution in [0.5, 0.6) is 0 Å². The first kappa shape index (κ1) is 21.1. The molecule has 0 bridgehead atoms. The van der Waals surface area contributed by atoms with Gasteiger partial charge in [-0.1, -0.05) is 50.2 Å². The zero-order valence-electron chi connectivity index (χ0n) is 17.5. The standard InChI is InChI=1S/C24H31N3O2/c1-3-26(4-2)17-20-12-10-19(11-13-20)16-25-24(29)22-8-5-7-21(15-22)18-27-14-6-9-23(27)28/h5,7-8,10-13,15H,3-4,6,9,14,16-18H2,1-2H3,(H,25,29). The molecule has 1 heterocycles. The van der Waals surface area contributed by atoms with Crippen molar-refractivity contribution in [1.29, 1.82) is 0 Å². The van der Waals surface area contributed by atoms with E-state index in [1.54, 1.807) is 0 Å². The molecule has 2 aromatic carbocycles. The van der Waals surface area contributed by atoms with E-state index in [9.17, 15) is 9.59 Å². The molecule has 1 N–H and O–H groups in total. The average Bonchev–Trinajstić information content (AvgIpc) is 3.15. The molecule has 0 unspecified atom stereocenters. The topological polar surface area (TPSA) is 52.7 Å². The highest BCUT2D eigenvalue weighted by Gasteiger charge is 2.20. The predicted molar refractivity (Wildman–Crippen MR) is 115 cm³/mol. The molecule has 1 aliphatic rings. The lowest BCUT2D eigenvalue weighted by atomic mass is 10.1. The summed E-state index contributed by atoms with van der Waals surface area (Å²) in [5.74, 6) is 0.108. The lowest BCUT2D eigenvalue weighted by molar-refractivity contribution is -0.128. The Kier molecular flexibility index (Phi) is 7.42. The Morgan fingerprint density at radius 1 is 1.03 bits per heavy atom. The van der Waals surface area contributed by atoms with E-state index >= 15 is 0 Å². The minimum absolute atomic E-state index is 0.0909. The lowest BCUT2D eigenvalue weighted by Gasteiger charge is -2.18. The third-order valence-corrected chi connectivity index (χ3v) is 5.51. The smallest absolute Gasteiger partial charge is 0.251 e. The van der Waals surface area contributed by atoms with Gasteiger partial charge in [0.2, 0.25) is 5.91 Å². The fraction of sp³-hybridized carbons (Fsp3) is 0.417. The highest BCUT2D eigenvalue weighted by Crippen LogP contribution is 2.15. The normalized spacial score (nSPS) is 13.9. The second-order valence-corrected chi connectivity index (χ2v) is 7.58. The van der Waals surface area contributed by atoms with Crippen LogP contribution in [-0.2, 0) is 24.4 Å². The van der Waals surface area contributed by atoms with Gasteiger partial charge >= 0.3 is 0 Å². The van der Waals surface area contributed by atoms with Crippen molar-refractivity contribution in [3.8, 4) is 0 Å². The number of rotatable bonds is 9. The van der Waals surface area contributed by atoms with E-state index in [0.29, 0.717) is 25.1 Å². The number of likely N-dealkylation sites (tertiary alicyclic amines) is 1. The summed E-state index contributed by atoms with van der Waals surface area (Å²) in [6.07, 6.45) is 1.56. The van der Waals surface area contributed by atoms with Crippen LogP contribution in [0.2, 0.25) is 0 Å². The maximum Gasteiger partial charge on any atom is 0.251 e. The second-order valence-electron chi connectivity index (χ2n) is 7.58. The minimum Gasteiger partial charge on any atom is -0.348 e. The number of carbonyl (C=O) groups excluding carboxylic acids is 2. The van der Waals surface area contributed by atoms with Crippen LogP contribution >= 0.6 is 0 Å². The van der Waals surface area contributed by atoms with Gasteiger partial charge in [-0.15, -0.1) is 0 Å². The van der Waals surface area contributed by atoms with E-state index in [0.717, 1.165) is 43.7 Å². The van der Waals surface area contributed by atoms with Gasteiger partial charge in [0.1, 0.15) is 0 Å². The van der Waals surface area contributed by atoms with Crippen molar-refractivity contribution in [1.82, 2.24) is 15.1 Å². The molecule has 2 aromatic rings. The molecule has 29 heavy (non-hydrogen) atoms. The SMILES string of the molecule is CCN(CC)Cc1ccc(CNC(=O)c2cccc(CN3CCCC3=O)c2)cc1. The van der Waals surface area contributed by atoms with Crippen molar-refractivity contribution in [2.45, 2.75) is 46.3 Å². The molecule has 0 spiro atoms. The summed E-state index contributed by atoms with van der Waals surface area (Å²) in [5.41, 5.74) is 3.99. The molecule has 2 amide bonds. The van der Waals surface area contributed by atoms with Crippen LogP contribution in [-0.4, -0.2) is 41.2 Å². The highest BCUT2D eigenvalue weighted by molar-refractivity contribution is 5.94. The Labute approximate surface area is 173 Å². The van der Waals surface area contributed by atoms with Crippen LogP contribution in [0.3, 0.4) is 0 Å². The molecule has 1 fully saturated rings. The molecule has 1 aliphatic heterocycles. The molecular weight excluding hydrogens is 362 g/mol. The Morgan fingerprint density at radius 3 is 2.41 bits per heavy atom. The number of amides is 2. The first-order valence-electron chi connectivity index (χ1n) is 10.5. The van der Waals surface area contributed by atoms with Crippen molar-refractivity contribution < 1.29 is 9.59 Å². The number of nitrogens with one attached hydrogen (secondary N) is 1. The number of hydrogen-bond acceptors (Lipinski definition) is 3. The van der Waals surface area contributed by atoms with Gasteiger partial charge in [0, 0.05) is 38.2 Å². The van der Waals surface area contributed by atoms with Crippen LogP contribution in [0, 0.1) is 0 Å².